The van der Waals surface area contributed by atoms with Gasteiger partial charge >= 0.3 is 0 Å². The van der Waals surface area contributed by atoms with Crippen molar-refractivity contribution in [3.63, 3.8) is 0 Å². The van der Waals surface area contributed by atoms with Crippen molar-refractivity contribution in [1.29, 1.82) is 5.26 Å². The lowest BCUT2D eigenvalue weighted by atomic mass is 10.1. The molecule has 1 unspecified atom stereocenters. The standard InChI is InChI=1S/C20H22N4O/c1-15-7-9-22-20(18(15)12-21)23-13-17-11-19(25)24(14-17)10-8-16-5-3-2-4-6-16/h2-7,9,17H,8,10-11,13-14H2,1H3,(H,22,23). The van der Waals surface area contributed by atoms with E-state index in [1.165, 1.54) is 5.56 Å². The molecule has 1 aromatic heterocycles. The number of likely N-dealkylation sites (tertiary alicyclic amines) is 1. The van der Waals surface area contributed by atoms with Crippen molar-refractivity contribution >= 4 is 11.7 Å². The van der Waals surface area contributed by atoms with Crippen molar-refractivity contribution in [2.24, 2.45) is 5.92 Å². The molecule has 5 heteroatoms. The van der Waals surface area contributed by atoms with E-state index in [1.807, 2.05) is 36.1 Å². The van der Waals surface area contributed by atoms with Gasteiger partial charge < -0.3 is 10.2 Å². The number of hydrogen-bond donors (Lipinski definition) is 1. The van der Waals surface area contributed by atoms with Crippen LogP contribution in [0.1, 0.15) is 23.1 Å². The zero-order valence-corrected chi connectivity index (χ0v) is 14.4. The van der Waals surface area contributed by atoms with Crippen LogP contribution in [0.4, 0.5) is 5.82 Å². The molecule has 1 N–H and O–H groups in total. The highest BCUT2D eigenvalue weighted by Crippen LogP contribution is 2.21. The van der Waals surface area contributed by atoms with Gasteiger partial charge in [0.1, 0.15) is 11.9 Å². The highest BCUT2D eigenvalue weighted by molar-refractivity contribution is 5.78. The largest absolute Gasteiger partial charge is 0.369 e. The number of anilines is 1. The topological polar surface area (TPSA) is 69.0 Å². The summed E-state index contributed by atoms with van der Waals surface area (Å²) in [5, 5.41) is 12.5. The summed E-state index contributed by atoms with van der Waals surface area (Å²) in [6.45, 7) is 4.06. The number of hydrogen-bond acceptors (Lipinski definition) is 4. The molecule has 0 saturated carbocycles. The van der Waals surface area contributed by atoms with Crippen LogP contribution in [0.3, 0.4) is 0 Å². The number of aryl methyl sites for hydroxylation is 1. The van der Waals surface area contributed by atoms with Crippen molar-refractivity contribution in [3.05, 3.63) is 59.3 Å². The van der Waals surface area contributed by atoms with Gasteiger partial charge in [0.2, 0.25) is 5.91 Å². The predicted octanol–water partition coefficient (Wildman–Crippen LogP) is 2.76. The van der Waals surface area contributed by atoms with E-state index < -0.39 is 0 Å². The molecule has 1 aliphatic rings. The molecule has 128 valence electrons. The van der Waals surface area contributed by atoms with Crippen molar-refractivity contribution in [2.45, 2.75) is 19.8 Å². The van der Waals surface area contributed by atoms with E-state index in [4.69, 9.17) is 0 Å². The molecule has 1 amide bonds. The summed E-state index contributed by atoms with van der Waals surface area (Å²) in [5.41, 5.74) is 2.74. The Hall–Kier alpha value is -2.87. The molecule has 1 saturated heterocycles. The van der Waals surface area contributed by atoms with Gasteiger partial charge in [-0.3, -0.25) is 4.79 Å². The summed E-state index contributed by atoms with van der Waals surface area (Å²) < 4.78 is 0. The second kappa shape index (κ2) is 7.80. The number of carbonyl (C=O) groups is 1. The number of rotatable bonds is 6. The number of nitrogens with one attached hydrogen (secondary N) is 1. The smallest absolute Gasteiger partial charge is 0.223 e. The number of benzene rings is 1. The number of carbonyl (C=O) groups excluding carboxylic acids is 1. The summed E-state index contributed by atoms with van der Waals surface area (Å²) in [4.78, 5) is 18.4. The minimum Gasteiger partial charge on any atom is -0.369 e. The number of amides is 1. The Morgan fingerprint density at radius 2 is 2.12 bits per heavy atom. The van der Waals surface area contributed by atoms with E-state index in [0.717, 1.165) is 25.1 Å². The van der Waals surface area contributed by atoms with Crippen LogP contribution in [0.2, 0.25) is 0 Å². The first-order valence-corrected chi connectivity index (χ1v) is 8.58. The molecule has 1 aromatic carbocycles. The average molecular weight is 334 g/mol. The molecule has 0 radical (unpaired) electrons. The minimum atomic E-state index is 0.209. The fourth-order valence-corrected chi connectivity index (χ4v) is 3.19. The Morgan fingerprint density at radius 1 is 1.32 bits per heavy atom. The quantitative estimate of drug-likeness (QED) is 0.882. The highest BCUT2D eigenvalue weighted by atomic mass is 16.2. The van der Waals surface area contributed by atoms with Gasteiger partial charge in [-0.05, 0) is 30.5 Å². The van der Waals surface area contributed by atoms with Crippen molar-refractivity contribution in [1.82, 2.24) is 9.88 Å². The van der Waals surface area contributed by atoms with Crippen LogP contribution in [0.5, 0.6) is 0 Å². The van der Waals surface area contributed by atoms with Crippen LogP contribution in [0.15, 0.2) is 42.6 Å². The molecule has 3 rings (SSSR count). The molecule has 25 heavy (non-hydrogen) atoms. The van der Waals surface area contributed by atoms with E-state index in [0.29, 0.717) is 24.3 Å². The van der Waals surface area contributed by atoms with Crippen LogP contribution in [0.25, 0.3) is 0 Å². The molecule has 0 spiro atoms. The maximum atomic E-state index is 12.2. The Balaban J connectivity index is 1.53. The molecule has 0 aliphatic carbocycles. The SMILES string of the molecule is Cc1ccnc(NCC2CC(=O)N(CCc3ccccc3)C2)c1C#N. The summed E-state index contributed by atoms with van der Waals surface area (Å²) in [6, 6.07) is 14.2. The van der Waals surface area contributed by atoms with E-state index in [-0.39, 0.29) is 11.8 Å². The fraction of sp³-hybridized carbons (Fsp3) is 0.350. The van der Waals surface area contributed by atoms with Crippen molar-refractivity contribution in [3.8, 4) is 6.07 Å². The summed E-state index contributed by atoms with van der Waals surface area (Å²) in [5.74, 6) is 1.07. The molecule has 1 atom stereocenters. The highest BCUT2D eigenvalue weighted by Gasteiger charge is 2.29. The molecular formula is C20H22N4O. The Morgan fingerprint density at radius 3 is 2.88 bits per heavy atom. The first-order valence-electron chi connectivity index (χ1n) is 8.58. The van der Waals surface area contributed by atoms with E-state index in [1.54, 1.807) is 6.20 Å². The molecular weight excluding hydrogens is 312 g/mol. The third kappa shape index (κ3) is 4.16. The third-order valence-electron chi connectivity index (χ3n) is 4.64. The Bertz CT molecular complexity index is 782. The lowest BCUT2D eigenvalue weighted by Gasteiger charge is -2.17. The van der Waals surface area contributed by atoms with Gasteiger partial charge in [0, 0.05) is 38.2 Å². The van der Waals surface area contributed by atoms with Gasteiger partial charge in [0.05, 0.1) is 5.56 Å². The Labute approximate surface area is 148 Å². The van der Waals surface area contributed by atoms with Crippen LogP contribution < -0.4 is 5.32 Å². The first-order chi connectivity index (χ1) is 12.2. The molecule has 1 aliphatic heterocycles. The molecule has 2 aromatic rings. The van der Waals surface area contributed by atoms with E-state index in [2.05, 4.69) is 28.5 Å². The van der Waals surface area contributed by atoms with Gasteiger partial charge in [0.15, 0.2) is 0 Å². The van der Waals surface area contributed by atoms with Crippen molar-refractivity contribution < 1.29 is 4.79 Å². The lowest BCUT2D eigenvalue weighted by Crippen LogP contribution is -2.28. The van der Waals surface area contributed by atoms with Gasteiger partial charge in [-0.2, -0.15) is 5.26 Å². The normalized spacial score (nSPS) is 16.7. The number of nitrogens with zero attached hydrogens (tertiary/aromatic N) is 3. The summed E-state index contributed by atoms with van der Waals surface area (Å²) in [6.07, 6.45) is 3.13. The zero-order valence-electron chi connectivity index (χ0n) is 14.4. The van der Waals surface area contributed by atoms with Gasteiger partial charge in [-0.25, -0.2) is 4.98 Å². The maximum Gasteiger partial charge on any atom is 0.223 e. The molecule has 5 nitrogen and oxygen atoms in total. The second-order valence-corrected chi connectivity index (χ2v) is 6.49. The summed E-state index contributed by atoms with van der Waals surface area (Å²) in [7, 11) is 0. The monoisotopic (exact) mass is 334 g/mol. The Kier molecular flexibility index (Phi) is 5.30. The first kappa shape index (κ1) is 17.0. The second-order valence-electron chi connectivity index (χ2n) is 6.49. The van der Waals surface area contributed by atoms with Crippen LogP contribution >= 0.6 is 0 Å². The van der Waals surface area contributed by atoms with E-state index in [9.17, 15) is 10.1 Å². The maximum absolute atomic E-state index is 12.2. The third-order valence-corrected chi connectivity index (χ3v) is 4.64. The average Bonchev–Trinajstić information content (AvgIpc) is 2.99. The minimum absolute atomic E-state index is 0.209. The number of nitriles is 1. The summed E-state index contributed by atoms with van der Waals surface area (Å²) >= 11 is 0. The zero-order chi connectivity index (χ0) is 17.6. The van der Waals surface area contributed by atoms with Crippen LogP contribution in [0, 0.1) is 24.2 Å². The number of pyridine rings is 1. The van der Waals surface area contributed by atoms with Crippen molar-refractivity contribution in [2.75, 3.05) is 25.0 Å². The molecule has 2 heterocycles. The lowest BCUT2D eigenvalue weighted by molar-refractivity contribution is -0.127. The van der Waals surface area contributed by atoms with E-state index >= 15 is 0 Å². The van der Waals surface area contributed by atoms with Gasteiger partial charge in [-0.15, -0.1) is 0 Å². The molecule has 1 fully saturated rings. The van der Waals surface area contributed by atoms with Crippen LogP contribution in [-0.4, -0.2) is 35.4 Å². The van der Waals surface area contributed by atoms with Crippen LogP contribution in [-0.2, 0) is 11.2 Å². The molecule has 0 bridgehead atoms. The van der Waals surface area contributed by atoms with Gasteiger partial charge in [-0.1, -0.05) is 30.3 Å². The van der Waals surface area contributed by atoms with Gasteiger partial charge in [0.25, 0.3) is 0 Å². The fourth-order valence-electron chi connectivity index (χ4n) is 3.19. The number of aromatic nitrogens is 1. The predicted molar refractivity (Wildman–Crippen MR) is 97.0 cm³/mol.